The van der Waals surface area contributed by atoms with Gasteiger partial charge in [0.25, 0.3) is 5.91 Å². The first-order valence-corrected chi connectivity index (χ1v) is 8.96. The second-order valence-electron chi connectivity index (χ2n) is 6.83. The Morgan fingerprint density at radius 2 is 2.11 bits per heavy atom. The Balaban J connectivity index is 1.85. The van der Waals surface area contributed by atoms with Gasteiger partial charge < -0.3 is 15.2 Å². The lowest BCUT2D eigenvalue weighted by Gasteiger charge is -2.37. The van der Waals surface area contributed by atoms with Crippen molar-refractivity contribution < 1.29 is 19.4 Å². The fraction of sp³-hybridized carbons (Fsp3) is 0.500. The second kappa shape index (κ2) is 7.73. The number of hydrogen-bond acceptors (Lipinski definition) is 6. The van der Waals surface area contributed by atoms with Crippen molar-refractivity contribution in [3.63, 3.8) is 0 Å². The van der Waals surface area contributed by atoms with Gasteiger partial charge in [-0.05, 0) is 60.2 Å². The molecule has 144 valence electrons. The van der Waals surface area contributed by atoms with Crippen molar-refractivity contribution in [1.29, 1.82) is 0 Å². The molecule has 2 aromatic rings. The summed E-state index contributed by atoms with van der Waals surface area (Å²) in [5, 5.41) is 23.5. The molecule has 0 spiro atoms. The average molecular weight is 373 g/mol. The summed E-state index contributed by atoms with van der Waals surface area (Å²) in [6.07, 6.45) is 4.87. The van der Waals surface area contributed by atoms with E-state index in [1.807, 2.05) is 0 Å². The van der Waals surface area contributed by atoms with E-state index >= 15 is 0 Å². The summed E-state index contributed by atoms with van der Waals surface area (Å²) >= 11 is 0. The maximum atomic E-state index is 12.8. The normalized spacial score (nSPS) is 22.2. The molecule has 2 N–H and O–H groups in total. The Morgan fingerprint density at radius 3 is 2.67 bits per heavy atom. The fourth-order valence-electron chi connectivity index (χ4n) is 3.54. The van der Waals surface area contributed by atoms with Gasteiger partial charge in [0.05, 0.1) is 7.11 Å². The first kappa shape index (κ1) is 18.8. The van der Waals surface area contributed by atoms with E-state index in [4.69, 9.17) is 4.74 Å². The highest BCUT2D eigenvalue weighted by Crippen LogP contribution is 2.34. The van der Waals surface area contributed by atoms with E-state index in [9.17, 15) is 14.7 Å². The minimum absolute atomic E-state index is 0.319. The largest absolute Gasteiger partial charge is 0.494 e. The zero-order chi connectivity index (χ0) is 19.4. The highest BCUT2D eigenvalue weighted by molar-refractivity contribution is 5.98. The SMILES string of the molecule is CCC1CCC(NC(=O)c2ccc(OC)c(-n3cnnn3)c2)(C(=O)O)CC1. The van der Waals surface area contributed by atoms with E-state index in [-0.39, 0.29) is 0 Å². The summed E-state index contributed by atoms with van der Waals surface area (Å²) in [6, 6.07) is 4.81. The van der Waals surface area contributed by atoms with E-state index in [1.54, 1.807) is 18.2 Å². The molecule has 27 heavy (non-hydrogen) atoms. The number of nitrogens with zero attached hydrogens (tertiary/aromatic N) is 4. The van der Waals surface area contributed by atoms with Crippen molar-refractivity contribution in [3.05, 3.63) is 30.1 Å². The van der Waals surface area contributed by atoms with Gasteiger partial charge in [-0.3, -0.25) is 4.79 Å². The van der Waals surface area contributed by atoms with E-state index in [1.165, 1.54) is 18.1 Å². The molecular weight excluding hydrogens is 350 g/mol. The number of nitrogens with one attached hydrogen (secondary N) is 1. The first-order valence-electron chi connectivity index (χ1n) is 8.96. The van der Waals surface area contributed by atoms with Gasteiger partial charge in [-0.15, -0.1) is 5.10 Å². The first-order chi connectivity index (χ1) is 13.0. The zero-order valence-corrected chi connectivity index (χ0v) is 15.4. The van der Waals surface area contributed by atoms with Crippen molar-refractivity contribution in [3.8, 4) is 11.4 Å². The number of aromatic nitrogens is 4. The molecule has 1 aliphatic carbocycles. The van der Waals surface area contributed by atoms with Crippen molar-refractivity contribution in [1.82, 2.24) is 25.5 Å². The van der Waals surface area contributed by atoms with Crippen LogP contribution in [0.1, 0.15) is 49.4 Å². The maximum absolute atomic E-state index is 12.8. The van der Waals surface area contributed by atoms with Gasteiger partial charge in [0.2, 0.25) is 0 Å². The lowest BCUT2D eigenvalue weighted by atomic mass is 9.75. The fourth-order valence-corrected chi connectivity index (χ4v) is 3.54. The number of benzene rings is 1. The molecule has 0 atom stereocenters. The highest BCUT2D eigenvalue weighted by Gasteiger charge is 2.43. The maximum Gasteiger partial charge on any atom is 0.329 e. The van der Waals surface area contributed by atoms with Crippen molar-refractivity contribution in [2.45, 2.75) is 44.6 Å². The molecule has 0 aliphatic heterocycles. The third kappa shape index (κ3) is 3.76. The summed E-state index contributed by atoms with van der Waals surface area (Å²) < 4.78 is 6.68. The smallest absolute Gasteiger partial charge is 0.329 e. The molecule has 0 radical (unpaired) electrons. The number of amides is 1. The third-order valence-electron chi connectivity index (χ3n) is 5.34. The van der Waals surface area contributed by atoms with Gasteiger partial charge in [0.1, 0.15) is 23.3 Å². The number of carbonyl (C=O) groups excluding carboxylic acids is 1. The van der Waals surface area contributed by atoms with Gasteiger partial charge >= 0.3 is 5.97 Å². The molecule has 1 aliphatic rings. The van der Waals surface area contributed by atoms with Crippen LogP contribution < -0.4 is 10.1 Å². The molecule has 1 aromatic carbocycles. The van der Waals surface area contributed by atoms with Crippen LogP contribution in [0.5, 0.6) is 5.75 Å². The molecule has 9 heteroatoms. The van der Waals surface area contributed by atoms with Crippen LogP contribution in [0, 0.1) is 5.92 Å². The number of methoxy groups -OCH3 is 1. The summed E-state index contributed by atoms with van der Waals surface area (Å²) in [5.74, 6) is -0.416. The topological polar surface area (TPSA) is 119 Å². The number of carboxylic acid groups (broad SMARTS) is 1. The van der Waals surface area contributed by atoms with Gasteiger partial charge in [-0.2, -0.15) is 4.68 Å². The number of aliphatic carboxylic acids is 1. The summed E-state index contributed by atoms with van der Waals surface area (Å²) in [4.78, 5) is 24.7. The summed E-state index contributed by atoms with van der Waals surface area (Å²) in [6.45, 7) is 2.11. The molecular formula is C18H23N5O4. The van der Waals surface area contributed by atoms with Crippen LogP contribution >= 0.6 is 0 Å². The molecule has 1 aromatic heterocycles. The molecule has 1 amide bonds. The number of carboxylic acids is 1. The van der Waals surface area contributed by atoms with Gasteiger partial charge in [-0.1, -0.05) is 13.3 Å². The van der Waals surface area contributed by atoms with E-state index in [2.05, 4.69) is 27.8 Å². The summed E-state index contributed by atoms with van der Waals surface area (Å²) in [5.41, 5.74) is -0.411. The Bertz CT molecular complexity index is 813. The number of ether oxygens (including phenoxy) is 1. The van der Waals surface area contributed by atoms with Crippen LogP contribution in [0.25, 0.3) is 5.69 Å². The lowest BCUT2D eigenvalue weighted by molar-refractivity contribution is -0.146. The average Bonchev–Trinajstić information content (AvgIpc) is 3.22. The number of carbonyl (C=O) groups is 2. The van der Waals surface area contributed by atoms with Crippen LogP contribution in [0.3, 0.4) is 0 Å². The quantitative estimate of drug-likeness (QED) is 0.792. The number of hydrogen-bond donors (Lipinski definition) is 2. The summed E-state index contributed by atoms with van der Waals surface area (Å²) in [7, 11) is 1.51. The van der Waals surface area contributed by atoms with E-state index < -0.39 is 17.4 Å². The standard InChI is InChI=1S/C18H23N5O4/c1-3-12-6-8-18(9-7-12,17(25)26)20-16(24)13-4-5-15(27-2)14(10-13)23-11-19-21-22-23/h4-5,10-12H,3,6-9H2,1-2H3,(H,20,24)(H,25,26). The van der Waals surface area contributed by atoms with E-state index in [0.717, 1.165) is 19.3 Å². The molecule has 1 fully saturated rings. The van der Waals surface area contributed by atoms with Gasteiger partial charge in [0.15, 0.2) is 0 Å². The van der Waals surface area contributed by atoms with Crippen LogP contribution in [-0.4, -0.2) is 49.8 Å². The minimum Gasteiger partial charge on any atom is -0.494 e. The molecule has 0 unspecified atom stereocenters. The molecule has 0 saturated heterocycles. The van der Waals surface area contributed by atoms with E-state index in [0.29, 0.717) is 35.8 Å². The van der Waals surface area contributed by atoms with Crippen molar-refractivity contribution in [2.24, 2.45) is 5.92 Å². The Morgan fingerprint density at radius 1 is 1.37 bits per heavy atom. The van der Waals surface area contributed by atoms with Crippen LogP contribution in [0.4, 0.5) is 0 Å². The van der Waals surface area contributed by atoms with Gasteiger partial charge in [0, 0.05) is 5.56 Å². The number of tetrazole rings is 1. The van der Waals surface area contributed by atoms with Crippen LogP contribution in [0.15, 0.2) is 24.5 Å². The van der Waals surface area contributed by atoms with Crippen molar-refractivity contribution >= 4 is 11.9 Å². The molecule has 1 saturated carbocycles. The third-order valence-corrected chi connectivity index (χ3v) is 5.34. The monoisotopic (exact) mass is 373 g/mol. The van der Waals surface area contributed by atoms with Crippen LogP contribution in [-0.2, 0) is 4.79 Å². The zero-order valence-electron chi connectivity index (χ0n) is 15.4. The molecule has 9 nitrogen and oxygen atoms in total. The Hall–Kier alpha value is -2.97. The lowest BCUT2D eigenvalue weighted by Crippen LogP contribution is -2.56. The molecule has 3 rings (SSSR count). The molecule has 0 bridgehead atoms. The Kier molecular flexibility index (Phi) is 5.38. The highest BCUT2D eigenvalue weighted by atomic mass is 16.5. The second-order valence-corrected chi connectivity index (χ2v) is 6.83. The van der Waals surface area contributed by atoms with Gasteiger partial charge in [-0.25, -0.2) is 4.79 Å². The predicted molar refractivity (Wildman–Crippen MR) is 95.8 cm³/mol. The molecule has 1 heterocycles. The van der Waals surface area contributed by atoms with Crippen LogP contribution in [0.2, 0.25) is 0 Å². The number of rotatable bonds is 6. The Labute approximate surface area is 156 Å². The predicted octanol–water partition coefficient (Wildman–Crippen LogP) is 1.82. The minimum atomic E-state index is -1.22. The van der Waals surface area contributed by atoms with Crippen molar-refractivity contribution in [2.75, 3.05) is 7.11 Å².